The molecule has 0 radical (unpaired) electrons. The molecule has 0 atom stereocenters. The van der Waals surface area contributed by atoms with E-state index in [2.05, 4.69) is 4.98 Å². The monoisotopic (exact) mass is 248 g/mol. The first-order chi connectivity index (χ1) is 8.61. The van der Waals surface area contributed by atoms with Gasteiger partial charge < -0.3 is 5.11 Å². The SMILES string of the molecule is O=C(O)c1c(F)n(C2CC2)c2ncccc2c1=O. The predicted octanol–water partition coefficient (Wildman–Crippen LogP) is 1.57. The van der Waals surface area contributed by atoms with E-state index in [0.717, 1.165) is 12.8 Å². The van der Waals surface area contributed by atoms with Crippen molar-refractivity contribution in [3.05, 3.63) is 40.1 Å². The lowest BCUT2D eigenvalue weighted by Gasteiger charge is -2.11. The maximum Gasteiger partial charge on any atom is 0.344 e. The van der Waals surface area contributed by atoms with Crippen LogP contribution in [0.5, 0.6) is 0 Å². The average molecular weight is 248 g/mol. The molecule has 2 heterocycles. The van der Waals surface area contributed by atoms with E-state index >= 15 is 0 Å². The topological polar surface area (TPSA) is 72.2 Å². The Bertz CT molecular complexity index is 719. The normalized spacial score (nSPS) is 14.9. The van der Waals surface area contributed by atoms with Gasteiger partial charge in [-0.3, -0.25) is 9.36 Å². The Morgan fingerprint density at radius 3 is 2.83 bits per heavy atom. The molecule has 2 aromatic heterocycles. The number of hydrogen-bond acceptors (Lipinski definition) is 3. The van der Waals surface area contributed by atoms with Crippen LogP contribution in [0, 0.1) is 5.95 Å². The number of rotatable bonds is 2. The van der Waals surface area contributed by atoms with E-state index in [9.17, 15) is 14.0 Å². The lowest BCUT2D eigenvalue weighted by molar-refractivity contribution is 0.0688. The summed E-state index contributed by atoms with van der Waals surface area (Å²) in [7, 11) is 0. The van der Waals surface area contributed by atoms with E-state index in [-0.39, 0.29) is 17.1 Å². The van der Waals surface area contributed by atoms with Gasteiger partial charge in [0.1, 0.15) is 5.65 Å². The van der Waals surface area contributed by atoms with Gasteiger partial charge in [0.2, 0.25) is 11.4 Å². The van der Waals surface area contributed by atoms with Crippen LogP contribution in [0.2, 0.25) is 0 Å². The molecule has 2 aromatic rings. The lowest BCUT2D eigenvalue weighted by Crippen LogP contribution is -2.23. The Morgan fingerprint density at radius 2 is 2.22 bits per heavy atom. The number of aromatic nitrogens is 2. The summed E-state index contributed by atoms with van der Waals surface area (Å²) in [5, 5.41) is 9.10. The molecule has 0 spiro atoms. The fourth-order valence-corrected chi connectivity index (χ4v) is 2.06. The number of nitrogens with zero attached hydrogens (tertiary/aromatic N) is 2. The maximum absolute atomic E-state index is 14.1. The Balaban J connectivity index is 2.51. The zero-order chi connectivity index (χ0) is 12.9. The summed E-state index contributed by atoms with van der Waals surface area (Å²) in [5.41, 5.74) is -1.41. The summed E-state index contributed by atoms with van der Waals surface area (Å²) in [6.07, 6.45) is 3.00. The number of halogens is 1. The minimum atomic E-state index is -1.54. The van der Waals surface area contributed by atoms with Crippen LogP contribution in [0.3, 0.4) is 0 Å². The molecule has 5 nitrogen and oxygen atoms in total. The summed E-state index contributed by atoms with van der Waals surface area (Å²) >= 11 is 0. The van der Waals surface area contributed by atoms with Gasteiger partial charge in [-0.1, -0.05) is 0 Å². The molecule has 0 saturated heterocycles. The van der Waals surface area contributed by atoms with Gasteiger partial charge in [-0.15, -0.1) is 0 Å². The molecule has 1 aliphatic rings. The number of carboxylic acids is 1. The minimum absolute atomic E-state index is 0.0962. The number of fused-ring (bicyclic) bond motifs is 1. The average Bonchev–Trinajstić information content (AvgIpc) is 3.13. The molecule has 18 heavy (non-hydrogen) atoms. The van der Waals surface area contributed by atoms with Crippen molar-refractivity contribution < 1.29 is 14.3 Å². The van der Waals surface area contributed by atoms with Gasteiger partial charge in [0.05, 0.1) is 5.39 Å². The van der Waals surface area contributed by atoms with Gasteiger partial charge in [-0.25, -0.2) is 9.78 Å². The number of carbonyl (C=O) groups is 1. The lowest BCUT2D eigenvalue weighted by atomic mass is 10.2. The van der Waals surface area contributed by atoms with Crippen LogP contribution in [0.15, 0.2) is 23.1 Å². The van der Waals surface area contributed by atoms with Crippen LogP contribution >= 0.6 is 0 Å². The van der Waals surface area contributed by atoms with E-state index in [1.54, 1.807) is 0 Å². The Kier molecular flexibility index (Phi) is 2.19. The van der Waals surface area contributed by atoms with Gasteiger partial charge in [-0.2, -0.15) is 4.39 Å². The van der Waals surface area contributed by atoms with Crippen molar-refractivity contribution in [1.29, 1.82) is 0 Å². The zero-order valence-corrected chi connectivity index (χ0v) is 9.26. The molecule has 1 N–H and O–H groups in total. The smallest absolute Gasteiger partial charge is 0.344 e. The van der Waals surface area contributed by atoms with Crippen LogP contribution < -0.4 is 5.43 Å². The summed E-state index contributed by atoms with van der Waals surface area (Å²) in [6, 6.07) is 2.90. The third kappa shape index (κ3) is 1.42. The van der Waals surface area contributed by atoms with Gasteiger partial charge in [-0.05, 0) is 25.0 Å². The molecular weight excluding hydrogens is 239 g/mol. The first kappa shape index (κ1) is 10.9. The predicted molar refractivity (Wildman–Crippen MR) is 61.2 cm³/mol. The Hall–Kier alpha value is -2.24. The van der Waals surface area contributed by atoms with Gasteiger partial charge in [0.15, 0.2) is 5.56 Å². The summed E-state index contributed by atoms with van der Waals surface area (Å²) in [4.78, 5) is 26.9. The largest absolute Gasteiger partial charge is 0.477 e. The van der Waals surface area contributed by atoms with E-state index in [1.165, 1.54) is 22.9 Å². The van der Waals surface area contributed by atoms with E-state index in [0.29, 0.717) is 0 Å². The van der Waals surface area contributed by atoms with Crippen molar-refractivity contribution in [2.45, 2.75) is 18.9 Å². The number of hydrogen-bond donors (Lipinski definition) is 1. The highest BCUT2D eigenvalue weighted by atomic mass is 19.1. The van der Waals surface area contributed by atoms with Crippen molar-refractivity contribution in [3.8, 4) is 0 Å². The molecular formula is C12H9FN2O3. The number of aromatic carboxylic acids is 1. The molecule has 0 aromatic carbocycles. The number of pyridine rings is 2. The zero-order valence-electron chi connectivity index (χ0n) is 9.26. The van der Waals surface area contributed by atoms with Crippen molar-refractivity contribution >= 4 is 17.0 Å². The molecule has 0 aliphatic heterocycles. The molecule has 6 heteroatoms. The van der Waals surface area contributed by atoms with E-state index in [1.807, 2.05) is 0 Å². The number of carboxylic acid groups (broad SMARTS) is 1. The molecule has 92 valence electrons. The maximum atomic E-state index is 14.1. The van der Waals surface area contributed by atoms with Crippen LogP contribution in [-0.4, -0.2) is 20.6 Å². The third-order valence-corrected chi connectivity index (χ3v) is 3.03. The first-order valence-corrected chi connectivity index (χ1v) is 5.53. The van der Waals surface area contributed by atoms with Crippen molar-refractivity contribution in [2.75, 3.05) is 0 Å². The van der Waals surface area contributed by atoms with Gasteiger partial charge in [0.25, 0.3) is 0 Å². The van der Waals surface area contributed by atoms with E-state index in [4.69, 9.17) is 5.11 Å². The fraction of sp³-hybridized carbons (Fsp3) is 0.250. The molecule has 3 rings (SSSR count). The first-order valence-electron chi connectivity index (χ1n) is 5.53. The van der Waals surface area contributed by atoms with Crippen LogP contribution in [0.1, 0.15) is 29.2 Å². The highest BCUT2D eigenvalue weighted by molar-refractivity contribution is 5.92. The summed E-state index contributed by atoms with van der Waals surface area (Å²) in [5.74, 6) is -2.54. The highest BCUT2D eigenvalue weighted by Crippen LogP contribution is 2.37. The second kappa shape index (κ2) is 3.63. The van der Waals surface area contributed by atoms with Gasteiger partial charge >= 0.3 is 5.97 Å². The van der Waals surface area contributed by atoms with Gasteiger partial charge in [0, 0.05) is 12.2 Å². The van der Waals surface area contributed by atoms with Crippen molar-refractivity contribution in [1.82, 2.24) is 9.55 Å². The second-order valence-corrected chi connectivity index (χ2v) is 4.28. The van der Waals surface area contributed by atoms with Crippen molar-refractivity contribution in [2.24, 2.45) is 0 Å². The van der Waals surface area contributed by atoms with Crippen LogP contribution in [0.4, 0.5) is 4.39 Å². The quantitative estimate of drug-likeness (QED) is 0.819. The summed E-state index contributed by atoms with van der Waals surface area (Å²) in [6.45, 7) is 0. The minimum Gasteiger partial charge on any atom is -0.477 e. The van der Waals surface area contributed by atoms with Crippen molar-refractivity contribution in [3.63, 3.8) is 0 Å². The molecule has 0 amide bonds. The third-order valence-electron chi connectivity index (χ3n) is 3.03. The fourth-order valence-electron chi connectivity index (χ4n) is 2.06. The molecule has 1 saturated carbocycles. The van der Waals surface area contributed by atoms with Crippen LogP contribution in [-0.2, 0) is 0 Å². The van der Waals surface area contributed by atoms with Crippen LogP contribution in [0.25, 0.3) is 11.0 Å². The molecule has 1 aliphatic carbocycles. The molecule has 0 unspecified atom stereocenters. The summed E-state index contributed by atoms with van der Waals surface area (Å²) < 4.78 is 15.4. The molecule has 0 bridgehead atoms. The standard InChI is InChI=1S/C12H9FN2O3/c13-10-8(12(17)18)9(16)7-2-1-5-14-11(7)15(10)6-3-4-6/h1-2,5-6H,3-4H2,(H,17,18). The van der Waals surface area contributed by atoms with E-state index < -0.39 is 22.9 Å². The Morgan fingerprint density at radius 1 is 1.50 bits per heavy atom. The molecule has 1 fully saturated rings. The second-order valence-electron chi connectivity index (χ2n) is 4.28. The highest BCUT2D eigenvalue weighted by Gasteiger charge is 2.31. The Labute approximate surface area is 100 Å².